The van der Waals surface area contributed by atoms with Crippen LogP contribution in [0, 0.1) is 11.3 Å². The van der Waals surface area contributed by atoms with E-state index in [2.05, 4.69) is 20.8 Å². The molecule has 0 bridgehead atoms. The van der Waals surface area contributed by atoms with Crippen molar-refractivity contribution in [3.63, 3.8) is 0 Å². The van der Waals surface area contributed by atoms with E-state index in [1.807, 2.05) is 0 Å². The van der Waals surface area contributed by atoms with Gasteiger partial charge in [-0.1, -0.05) is 52.4 Å². The fourth-order valence-corrected chi connectivity index (χ4v) is 3.12. The van der Waals surface area contributed by atoms with Gasteiger partial charge in [-0.05, 0) is 37.5 Å². The molecule has 0 saturated heterocycles. The van der Waals surface area contributed by atoms with Gasteiger partial charge in [0, 0.05) is 6.04 Å². The first-order chi connectivity index (χ1) is 7.54. The molecular formula is C15H31N. The van der Waals surface area contributed by atoms with Gasteiger partial charge >= 0.3 is 0 Å². The molecule has 0 aromatic heterocycles. The zero-order valence-electron chi connectivity index (χ0n) is 11.6. The molecule has 0 radical (unpaired) electrons. The van der Waals surface area contributed by atoms with Gasteiger partial charge in [-0.25, -0.2) is 0 Å². The third-order valence-electron chi connectivity index (χ3n) is 4.73. The van der Waals surface area contributed by atoms with E-state index in [1.165, 1.54) is 57.8 Å². The van der Waals surface area contributed by atoms with Crippen molar-refractivity contribution in [2.24, 2.45) is 17.1 Å². The van der Waals surface area contributed by atoms with Crippen LogP contribution in [-0.2, 0) is 0 Å². The van der Waals surface area contributed by atoms with E-state index in [-0.39, 0.29) is 0 Å². The molecule has 0 aromatic carbocycles. The second kappa shape index (κ2) is 6.64. The lowest BCUT2D eigenvalue weighted by Crippen LogP contribution is -2.24. The molecule has 0 amide bonds. The summed E-state index contributed by atoms with van der Waals surface area (Å²) in [6.07, 6.45) is 12.6. The Kier molecular flexibility index (Phi) is 5.82. The lowest BCUT2D eigenvalue weighted by Gasteiger charge is -2.34. The Bertz CT molecular complexity index is 188. The highest BCUT2D eigenvalue weighted by Crippen LogP contribution is 2.43. The van der Waals surface area contributed by atoms with Crippen LogP contribution in [0.4, 0.5) is 0 Å². The number of rotatable bonds is 5. The Morgan fingerprint density at radius 2 is 2.00 bits per heavy atom. The number of hydrogen-bond acceptors (Lipinski definition) is 1. The van der Waals surface area contributed by atoms with Crippen molar-refractivity contribution in [3.05, 3.63) is 0 Å². The van der Waals surface area contributed by atoms with E-state index < -0.39 is 0 Å². The summed E-state index contributed by atoms with van der Waals surface area (Å²) < 4.78 is 0. The zero-order valence-corrected chi connectivity index (χ0v) is 11.6. The second-order valence-corrected chi connectivity index (χ2v) is 6.38. The topological polar surface area (TPSA) is 26.0 Å². The van der Waals surface area contributed by atoms with Gasteiger partial charge in [-0.3, -0.25) is 0 Å². The van der Waals surface area contributed by atoms with Gasteiger partial charge in [0.15, 0.2) is 0 Å². The summed E-state index contributed by atoms with van der Waals surface area (Å²) in [5, 5.41) is 0. The molecule has 3 atom stereocenters. The quantitative estimate of drug-likeness (QED) is 0.541. The first-order valence-corrected chi connectivity index (χ1v) is 7.30. The number of unbranched alkanes of at least 4 members (excludes halogenated alkanes) is 1. The molecule has 0 aliphatic heterocycles. The smallest absolute Gasteiger partial charge is 0.00104 e. The second-order valence-electron chi connectivity index (χ2n) is 6.38. The average Bonchev–Trinajstić information content (AvgIpc) is 2.38. The fraction of sp³-hybridized carbons (Fsp3) is 1.00. The predicted octanol–water partition coefficient (Wildman–Crippen LogP) is 4.50. The third-order valence-corrected chi connectivity index (χ3v) is 4.73. The molecule has 3 unspecified atom stereocenters. The Morgan fingerprint density at radius 3 is 2.69 bits per heavy atom. The van der Waals surface area contributed by atoms with Crippen molar-refractivity contribution >= 4 is 0 Å². The van der Waals surface area contributed by atoms with Crippen molar-refractivity contribution < 1.29 is 0 Å². The zero-order chi connectivity index (χ0) is 12.0. The summed E-state index contributed by atoms with van der Waals surface area (Å²) in [5.41, 5.74) is 6.42. The maximum atomic E-state index is 5.80. The van der Waals surface area contributed by atoms with Gasteiger partial charge in [0.2, 0.25) is 0 Å². The minimum Gasteiger partial charge on any atom is -0.328 e. The van der Waals surface area contributed by atoms with Gasteiger partial charge in [0.25, 0.3) is 0 Å². The monoisotopic (exact) mass is 225 g/mol. The van der Waals surface area contributed by atoms with E-state index >= 15 is 0 Å². The van der Waals surface area contributed by atoms with Crippen molar-refractivity contribution in [3.8, 4) is 0 Å². The van der Waals surface area contributed by atoms with Crippen LogP contribution in [0.25, 0.3) is 0 Å². The first kappa shape index (κ1) is 14.0. The van der Waals surface area contributed by atoms with E-state index in [0.29, 0.717) is 11.5 Å². The van der Waals surface area contributed by atoms with Crippen LogP contribution < -0.4 is 5.73 Å². The first-order valence-electron chi connectivity index (χ1n) is 7.30. The summed E-state index contributed by atoms with van der Waals surface area (Å²) in [4.78, 5) is 0. The van der Waals surface area contributed by atoms with E-state index in [1.54, 1.807) is 0 Å². The van der Waals surface area contributed by atoms with Gasteiger partial charge in [0.05, 0.1) is 0 Å². The van der Waals surface area contributed by atoms with Crippen LogP contribution in [-0.4, -0.2) is 6.04 Å². The number of nitrogens with two attached hydrogens (primary N) is 1. The maximum absolute atomic E-state index is 5.80. The molecule has 1 heteroatoms. The van der Waals surface area contributed by atoms with Crippen LogP contribution in [0.5, 0.6) is 0 Å². The molecule has 2 N–H and O–H groups in total. The number of hydrogen-bond donors (Lipinski definition) is 1. The van der Waals surface area contributed by atoms with Crippen LogP contribution >= 0.6 is 0 Å². The van der Waals surface area contributed by atoms with E-state index in [4.69, 9.17) is 5.73 Å². The Hall–Kier alpha value is -0.0400. The Labute approximate surface area is 102 Å². The Balaban J connectivity index is 2.30. The fourth-order valence-electron chi connectivity index (χ4n) is 3.12. The Morgan fingerprint density at radius 1 is 1.25 bits per heavy atom. The van der Waals surface area contributed by atoms with Crippen LogP contribution in [0.3, 0.4) is 0 Å². The largest absolute Gasteiger partial charge is 0.328 e. The SMILES string of the molecule is CC(N)CCCCC1(C)CCCCCC1C. The lowest BCUT2D eigenvalue weighted by atomic mass is 9.71. The van der Waals surface area contributed by atoms with E-state index in [0.717, 1.165) is 5.92 Å². The minimum absolute atomic E-state index is 0.388. The summed E-state index contributed by atoms with van der Waals surface area (Å²) in [7, 11) is 0. The normalized spacial score (nSPS) is 33.4. The van der Waals surface area contributed by atoms with Gasteiger partial charge < -0.3 is 5.73 Å². The molecule has 0 heterocycles. The van der Waals surface area contributed by atoms with Crippen LogP contribution in [0.1, 0.15) is 78.6 Å². The summed E-state index contributed by atoms with van der Waals surface area (Å²) in [6, 6.07) is 0.388. The molecule has 96 valence electrons. The molecule has 1 fully saturated rings. The molecule has 1 aliphatic carbocycles. The van der Waals surface area contributed by atoms with Crippen molar-refractivity contribution in [2.45, 2.75) is 84.6 Å². The molecule has 0 aromatic rings. The van der Waals surface area contributed by atoms with Gasteiger partial charge in [0.1, 0.15) is 0 Å². The van der Waals surface area contributed by atoms with Crippen molar-refractivity contribution in [1.82, 2.24) is 0 Å². The van der Waals surface area contributed by atoms with Crippen LogP contribution in [0.2, 0.25) is 0 Å². The van der Waals surface area contributed by atoms with E-state index in [9.17, 15) is 0 Å². The highest BCUT2D eigenvalue weighted by Gasteiger charge is 2.31. The maximum Gasteiger partial charge on any atom is 0.00104 e. The molecule has 16 heavy (non-hydrogen) atoms. The van der Waals surface area contributed by atoms with Gasteiger partial charge in [-0.2, -0.15) is 0 Å². The molecule has 0 spiro atoms. The lowest BCUT2D eigenvalue weighted by molar-refractivity contribution is 0.163. The molecule has 1 rings (SSSR count). The molecular weight excluding hydrogens is 194 g/mol. The van der Waals surface area contributed by atoms with Crippen molar-refractivity contribution in [1.29, 1.82) is 0 Å². The molecule has 1 aliphatic rings. The highest BCUT2D eigenvalue weighted by atomic mass is 14.6. The minimum atomic E-state index is 0.388. The van der Waals surface area contributed by atoms with Gasteiger partial charge in [-0.15, -0.1) is 0 Å². The molecule has 1 nitrogen and oxygen atoms in total. The standard InChI is InChI=1S/C15H31N/c1-13-9-5-4-7-11-15(13,3)12-8-6-10-14(2)16/h13-14H,4-12,16H2,1-3H3. The third kappa shape index (κ3) is 4.45. The summed E-state index contributed by atoms with van der Waals surface area (Å²) >= 11 is 0. The van der Waals surface area contributed by atoms with Crippen LogP contribution in [0.15, 0.2) is 0 Å². The predicted molar refractivity (Wildman–Crippen MR) is 72.5 cm³/mol. The highest BCUT2D eigenvalue weighted by molar-refractivity contribution is 4.82. The summed E-state index contributed by atoms with van der Waals surface area (Å²) in [5.74, 6) is 0.922. The molecule has 1 saturated carbocycles. The van der Waals surface area contributed by atoms with Crippen molar-refractivity contribution in [2.75, 3.05) is 0 Å². The summed E-state index contributed by atoms with van der Waals surface area (Å²) in [6.45, 7) is 7.11. The average molecular weight is 225 g/mol.